The van der Waals surface area contributed by atoms with Crippen LogP contribution in [-0.4, -0.2) is 42.1 Å². The summed E-state index contributed by atoms with van der Waals surface area (Å²) < 4.78 is 5.13. The minimum Gasteiger partial charge on any atom is -0.383 e. The Morgan fingerprint density at radius 2 is 1.73 bits per heavy atom. The van der Waals surface area contributed by atoms with Gasteiger partial charge in [-0.1, -0.05) is 30.3 Å². The molecule has 0 fully saturated rings. The van der Waals surface area contributed by atoms with Gasteiger partial charge in [0.15, 0.2) is 0 Å². The van der Waals surface area contributed by atoms with E-state index in [9.17, 15) is 9.59 Å². The number of hydrogen-bond donors (Lipinski definition) is 2. The number of carbonyl (C=O) groups is 2. The Bertz CT molecular complexity index is 964. The average Bonchev–Trinajstić information content (AvgIpc) is 2.78. The molecule has 3 amide bonds. The highest BCUT2D eigenvalue weighted by atomic mass is 16.5. The normalized spacial score (nSPS) is 10.3. The molecule has 0 unspecified atom stereocenters. The van der Waals surface area contributed by atoms with Gasteiger partial charge in [-0.15, -0.1) is 0 Å². The van der Waals surface area contributed by atoms with Crippen LogP contribution >= 0.6 is 0 Å². The minimum atomic E-state index is -0.262. The first kappa shape index (κ1) is 21.0. The largest absolute Gasteiger partial charge is 0.383 e. The van der Waals surface area contributed by atoms with Gasteiger partial charge in [0.1, 0.15) is 0 Å². The lowest BCUT2D eigenvalue weighted by molar-refractivity contribution is 0.102. The number of benzene rings is 2. The second kappa shape index (κ2) is 10.7. The van der Waals surface area contributed by atoms with Crippen molar-refractivity contribution in [2.24, 2.45) is 0 Å². The number of anilines is 2. The summed E-state index contributed by atoms with van der Waals surface area (Å²) in [5.74, 6) is -0.211. The van der Waals surface area contributed by atoms with Crippen LogP contribution in [0.25, 0.3) is 0 Å². The summed E-state index contributed by atoms with van der Waals surface area (Å²) in [5.41, 5.74) is 2.67. The SMILES string of the molecule is COCCN(Cc1cccnc1)C(=O)Nc1cccc(NC(=O)c2ccccc2)c1. The molecular formula is C23H24N4O3. The number of aromatic nitrogens is 1. The molecule has 0 atom stereocenters. The van der Waals surface area contributed by atoms with E-state index in [1.807, 2.05) is 30.3 Å². The summed E-state index contributed by atoms with van der Waals surface area (Å²) in [7, 11) is 1.60. The number of hydrogen-bond acceptors (Lipinski definition) is 4. The molecule has 0 aliphatic rings. The second-order valence-corrected chi connectivity index (χ2v) is 6.61. The summed E-state index contributed by atoms with van der Waals surface area (Å²) in [6.07, 6.45) is 3.42. The number of carbonyl (C=O) groups excluding carboxylic acids is 2. The summed E-state index contributed by atoms with van der Waals surface area (Å²) in [4.78, 5) is 30.9. The predicted molar refractivity (Wildman–Crippen MR) is 116 cm³/mol. The topological polar surface area (TPSA) is 83.6 Å². The number of nitrogens with one attached hydrogen (secondary N) is 2. The maximum Gasteiger partial charge on any atom is 0.322 e. The van der Waals surface area contributed by atoms with E-state index in [2.05, 4.69) is 15.6 Å². The first-order valence-corrected chi connectivity index (χ1v) is 9.56. The van der Waals surface area contributed by atoms with Crippen molar-refractivity contribution >= 4 is 23.3 Å². The molecule has 30 heavy (non-hydrogen) atoms. The summed E-state index contributed by atoms with van der Waals surface area (Å²) in [6.45, 7) is 1.26. The van der Waals surface area contributed by atoms with Crippen LogP contribution in [0.2, 0.25) is 0 Å². The molecule has 2 N–H and O–H groups in total. The van der Waals surface area contributed by atoms with E-state index in [1.54, 1.807) is 60.8 Å². The second-order valence-electron chi connectivity index (χ2n) is 6.61. The summed E-state index contributed by atoms with van der Waals surface area (Å²) in [5, 5.41) is 5.73. The molecule has 1 heterocycles. The van der Waals surface area contributed by atoms with Crippen molar-refractivity contribution in [3.05, 3.63) is 90.3 Å². The van der Waals surface area contributed by atoms with Crippen LogP contribution in [0.15, 0.2) is 79.1 Å². The number of nitrogens with zero attached hydrogens (tertiary/aromatic N) is 2. The lowest BCUT2D eigenvalue weighted by atomic mass is 10.2. The van der Waals surface area contributed by atoms with Gasteiger partial charge in [0, 0.05) is 49.5 Å². The molecule has 0 aliphatic carbocycles. The Hall–Kier alpha value is -3.71. The van der Waals surface area contributed by atoms with Crippen LogP contribution < -0.4 is 10.6 Å². The number of urea groups is 1. The van der Waals surface area contributed by atoms with Gasteiger partial charge in [-0.3, -0.25) is 9.78 Å². The fourth-order valence-corrected chi connectivity index (χ4v) is 2.84. The third-order valence-corrected chi connectivity index (χ3v) is 4.36. The molecule has 0 radical (unpaired) electrons. The van der Waals surface area contributed by atoms with Crippen LogP contribution in [0, 0.1) is 0 Å². The maximum absolute atomic E-state index is 12.8. The van der Waals surface area contributed by atoms with Crippen molar-refractivity contribution in [2.75, 3.05) is 30.9 Å². The zero-order valence-electron chi connectivity index (χ0n) is 16.7. The van der Waals surface area contributed by atoms with E-state index in [-0.39, 0.29) is 11.9 Å². The minimum absolute atomic E-state index is 0.211. The number of rotatable bonds is 8. The molecule has 0 bridgehead atoms. The summed E-state index contributed by atoms with van der Waals surface area (Å²) in [6, 6.07) is 19.5. The molecule has 7 nitrogen and oxygen atoms in total. The molecule has 2 aromatic carbocycles. The Balaban J connectivity index is 1.66. The van der Waals surface area contributed by atoms with Crippen molar-refractivity contribution in [2.45, 2.75) is 6.54 Å². The fourth-order valence-electron chi connectivity index (χ4n) is 2.84. The van der Waals surface area contributed by atoms with Crippen molar-refractivity contribution in [3.63, 3.8) is 0 Å². The zero-order valence-corrected chi connectivity index (χ0v) is 16.7. The first-order valence-electron chi connectivity index (χ1n) is 9.56. The third-order valence-electron chi connectivity index (χ3n) is 4.36. The van der Waals surface area contributed by atoms with Gasteiger partial charge in [-0.25, -0.2) is 4.79 Å². The van der Waals surface area contributed by atoms with Gasteiger partial charge < -0.3 is 20.3 Å². The average molecular weight is 404 g/mol. The van der Waals surface area contributed by atoms with E-state index in [0.29, 0.717) is 36.6 Å². The van der Waals surface area contributed by atoms with Gasteiger partial charge in [-0.05, 0) is 42.0 Å². The van der Waals surface area contributed by atoms with Gasteiger partial charge in [0.05, 0.1) is 6.61 Å². The Labute approximate surface area is 175 Å². The molecule has 3 aromatic rings. The van der Waals surface area contributed by atoms with E-state index >= 15 is 0 Å². The molecule has 3 rings (SSSR count). The first-order chi connectivity index (χ1) is 14.7. The van der Waals surface area contributed by atoms with E-state index in [0.717, 1.165) is 5.56 Å². The number of amides is 3. The molecule has 7 heteroatoms. The molecule has 0 aliphatic heterocycles. The van der Waals surface area contributed by atoms with Gasteiger partial charge >= 0.3 is 6.03 Å². The Morgan fingerprint density at radius 1 is 0.967 bits per heavy atom. The van der Waals surface area contributed by atoms with Crippen LogP contribution in [0.3, 0.4) is 0 Å². The molecule has 0 saturated heterocycles. The highest BCUT2D eigenvalue weighted by Gasteiger charge is 2.15. The van der Waals surface area contributed by atoms with Crippen molar-refractivity contribution in [3.8, 4) is 0 Å². The highest BCUT2D eigenvalue weighted by molar-refractivity contribution is 6.04. The maximum atomic E-state index is 12.8. The molecule has 0 saturated carbocycles. The molecule has 0 spiro atoms. The fraction of sp³-hybridized carbons (Fsp3) is 0.174. The third kappa shape index (κ3) is 6.15. The zero-order chi connectivity index (χ0) is 21.2. The Kier molecular flexibility index (Phi) is 7.51. The lowest BCUT2D eigenvalue weighted by Crippen LogP contribution is -2.36. The van der Waals surface area contributed by atoms with Crippen LogP contribution in [0.1, 0.15) is 15.9 Å². The monoisotopic (exact) mass is 404 g/mol. The predicted octanol–water partition coefficient (Wildman–Crippen LogP) is 4.01. The Morgan fingerprint density at radius 3 is 2.43 bits per heavy atom. The number of methoxy groups -OCH3 is 1. The van der Waals surface area contributed by atoms with E-state index < -0.39 is 0 Å². The van der Waals surface area contributed by atoms with Gasteiger partial charge in [0.2, 0.25) is 0 Å². The number of ether oxygens (including phenoxy) is 1. The van der Waals surface area contributed by atoms with E-state index in [1.165, 1.54) is 0 Å². The quantitative estimate of drug-likeness (QED) is 0.594. The van der Waals surface area contributed by atoms with Crippen LogP contribution in [0.4, 0.5) is 16.2 Å². The van der Waals surface area contributed by atoms with Crippen LogP contribution in [0.5, 0.6) is 0 Å². The van der Waals surface area contributed by atoms with Crippen LogP contribution in [-0.2, 0) is 11.3 Å². The van der Waals surface area contributed by atoms with Crippen molar-refractivity contribution in [1.29, 1.82) is 0 Å². The van der Waals surface area contributed by atoms with Crippen molar-refractivity contribution < 1.29 is 14.3 Å². The molecule has 1 aromatic heterocycles. The molecular weight excluding hydrogens is 380 g/mol. The van der Waals surface area contributed by atoms with Gasteiger partial charge in [0.25, 0.3) is 5.91 Å². The van der Waals surface area contributed by atoms with Crippen molar-refractivity contribution in [1.82, 2.24) is 9.88 Å². The molecule has 154 valence electrons. The highest BCUT2D eigenvalue weighted by Crippen LogP contribution is 2.17. The smallest absolute Gasteiger partial charge is 0.322 e. The number of pyridine rings is 1. The lowest BCUT2D eigenvalue weighted by Gasteiger charge is -2.23. The van der Waals surface area contributed by atoms with E-state index in [4.69, 9.17) is 4.74 Å². The van der Waals surface area contributed by atoms with Gasteiger partial charge in [-0.2, -0.15) is 0 Å². The standard InChI is InChI=1S/C23H24N4O3/c1-30-14-13-27(17-18-7-6-12-24-16-18)23(29)26-21-11-5-10-20(15-21)25-22(28)19-8-3-2-4-9-19/h2-12,15-16H,13-14,17H2,1H3,(H,25,28)(H,26,29). The summed E-state index contributed by atoms with van der Waals surface area (Å²) >= 11 is 0.